The molecule has 0 bridgehead atoms. The number of likely N-dealkylation sites (tertiary alicyclic amines) is 1. The SMILES string of the molecule is CCNC(=NCCNS(=O)(=O)c1cccc(Cl)c1)N1CCC(OCC)CC1.I. The van der Waals surface area contributed by atoms with Gasteiger partial charge in [0.2, 0.25) is 10.0 Å². The van der Waals surface area contributed by atoms with Gasteiger partial charge in [0.15, 0.2) is 5.96 Å². The molecule has 160 valence electrons. The molecule has 0 unspecified atom stereocenters. The number of nitrogens with zero attached hydrogens (tertiary/aromatic N) is 2. The van der Waals surface area contributed by atoms with Crippen LogP contribution < -0.4 is 10.0 Å². The van der Waals surface area contributed by atoms with Crippen LogP contribution in [-0.2, 0) is 14.8 Å². The normalized spacial score (nSPS) is 16.0. The zero-order chi connectivity index (χ0) is 19.7. The fraction of sp³-hybridized carbons (Fsp3) is 0.611. The number of piperidine rings is 1. The second-order valence-corrected chi connectivity index (χ2v) is 8.44. The molecule has 1 aromatic carbocycles. The van der Waals surface area contributed by atoms with Crippen LogP contribution in [0.2, 0.25) is 5.02 Å². The number of guanidine groups is 1. The molecule has 28 heavy (non-hydrogen) atoms. The molecule has 1 aliphatic heterocycles. The molecule has 1 saturated heterocycles. The van der Waals surface area contributed by atoms with Crippen molar-refractivity contribution in [1.29, 1.82) is 0 Å². The number of ether oxygens (including phenoxy) is 1. The highest BCUT2D eigenvalue weighted by Gasteiger charge is 2.21. The lowest BCUT2D eigenvalue weighted by Gasteiger charge is -2.34. The van der Waals surface area contributed by atoms with Crippen LogP contribution in [0.1, 0.15) is 26.7 Å². The molecule has 0 aliphatic carbocycles. The quantitative estimate of drug-likeness (QED) is 0.228. The van der Waals surface area contributed by atoms with Gasteiger partial charge in [-0.15, -0.1) is 24.0 Å². The Morgan fingerprint density at radius 2 is 2.04 bits per heavy atom. The highest BCUT2D eigenvalue weighted by Crippen LogP contribution is 2.15. The Morgan fingerprint density at radius 3 is 2.64 bits per heavy atom. The molecule has 0 amide bonds. The topological polar surface area (TPSA) is 83.0 Å². The van der Waals surface area contributed by atoms with Crippen LogP contribution in [0.25, 0.3) is 0 Å². The number of nitrogens with one attached hydrogen (secondary N) is 2. The summed E-state index contributed by atoms with van der Waals surface area (Å²) in [5.74, 6) is 0.814. The Morgan fingerprint density at radius 1 is 1.32 bits per heavy atom. The maximum atomic E-state index is 12.3. The molecule has 0 aromatic heterocycles. The van der Waals surface area contributed by atoms with E-state index in [1.165, 1.54) is 12.1 Å². The number of aliphatic imine (C=N–C) groups is 1. The Bertz CT molecular complexity index is 725. The molecule has 1 fully saturated rings. The predicted octanol–water partition coefficient (Wildman–Crippen LogP) is 2.70. The average Bonchev–Trinajstić information content (AvgIpc) is 2.65. The van der Waals surface area contributed by atoms with E-state index in [1.54, 1.807) is 12.1 Å². The van der Waals surface area contributed by atoms with Crippen molar-refractivity contribution in [1.82, 2.24) is 14.9 Å². The summed E-state index contributed by atoms with van der Waals surface area (Å²) in [7, 11) is -3.59. The Kier molecular flexibility index (Phi) is 11.7. The lowest BCUT2D eigenvalue weighted by molar-refractivity contribution is 0.0264. The summed E-state index contributed by atoms with van der Waals surface area (Å²) in [6, 6.07) is 6.20. The fourth-order valence-electron chi connectivity index (χ4n) is 2.96. The Balaban J connectivity index is 0.00000392. The fourth-order valence-corrected chi connectivity index (χ4v) is 4.28. The van der Waals surface area contributed by atoms with Crippen molar-refractivity contribution < 1.29 is 13.2 Å². The van der Waals surface area contributed by atoms with E-state index >= 15 is 0 Å². The van der Waals surface area contributed by atoms with Crippen molar-refractivity contribution >= 4 is 51.6 Å². The van der Waals surface area contributed by atoms with E-state index in [4.69, 9.17) is 16.3 Å². The van der Waals surface area contributed by atoms with Crippen LogP contribution in [0, 0.1) is 0 Å². The molecular formula is C18H30ClIN4O3S. The minimum Gasteiger partial charge on any atom is -0.378 e. The van der Waals surface area contributed by atoms with Crippen LogP contribution in [-0.4, -0.2) is 64.7 Å². The highest BCUT2D eigenvalue weighted by atomic mass is 127. The molecule has 1 heterocycles. The standard InChI is InChI=1S/C18H29ClN4O3S.HI/c1-3-20-18(23-12-8-16(9-13-23)26-4-2)21-10-11-22-27(24,25)17-7-5-6-15(19)14-17;/h5-7,14,16,22H,3-4,8-13H2,1-2H3,(H,20,21);1H. The van der Waals surface area contributed by atoms with Gasteiger partial charge in [0.05, 0.1) is 17.5 Å². The van der Waals surface area contributed by atoms with Gasteiger partial charge in [-0.25, -0.2) is 13.1 Å². The molecule has 1 aliphatic rings. The van der Waals surface area contributed by atoms with Crippen molar-refractivity contribution in [2.24, 2.45) is 4.99 Å². The second kappa shape index (κ2) is 12.8. The first kappa shape index (κ1) is 25.4. The van der Waals surface area contributed by atoms with Gasteiger partial charge < -0.3 is 15.0 Å². The van der Waals surface area contributed by atoms with Crippen molar-refractivity contribution in [2.45, 2.75) is 37.7 Å². The van der Waals surface area contributed by atoms with Crippen LogP contribution >= 0.6 is 35.6 Å². The van der Waals surface area contributed by atoms with E-state index in [0.717, 1.165) is 45.0 Å². The van der Waals surface area contributed by atoms with E-state index in [2.05, 4.69) is 19.9 Å². The van der Waals surface area contributed by atoms with E-state index < -0.39 is 10.0 Å². The van der Waals surface area contributed by atoms with Gasteiger partial charge in [0.25, 0.3) is 0 Å². The van der Waals surface area contributed by atoms with Crippen LogP contribution in [0.15, 0.2) is 34.2 Å². The van der Waals surface area contributed by atoms with Crippen LogP contribution in [0.3, 0.4) is 0 Å². The van der Waals surface area contributed by atoms with Gasteiger partial charge in [-0.1, -0.05) is 17.7 Å². The largest absolute Gasteiger partial charge is 0.378 e. The van der Waals surface area contributed by atoms with Crippen molar-refractivity contribution in [3.63, 3.8) is 0 Å². The van der Waals surface area contributed by atoms with Gasteiger partial charge >= 0.3 is 0 Å². The molecule has 0 spiro atoms. The number of hydrogen-bond donors (Lipinski definition) is 2. The Labute approximate surface area is 190 Å². The maximum absolute atomic E-state index is 12.3. The highest BCUT2D eigenvalue weighted by molar-refractivity contribution is 14.0. The predicted molar refractivity (Wildman–Crippen MR) is 124 cm³/mol. The van der Waals surface area contributed by atoms with Gasteiger partial charge in [-0.2, -0.15) is 0 Å². The van der Waals surface area contributed by atoms with Crippen LogP contribution in [0.5, 0.6) is 0 Å². The summed E-state index contributed by atoms with van der Waals surface area (Å²) >= 11 is 5.87. The number of rotatable bonds is 8. The molecule has 10 heteroatoms. The molecule has 0 radical (unpaired) electrons. The van der Waals surface area contributed by atoms with Crippen molar-refractivity contribution in [2.75, 3.05) is 39.3 Å². The van der Waals surface area contributed by atoms with E-state index in [1.807, 2.05) is 13.8 Å². The lowest BCUT2D eigenvalue weighted by Crippen LogP contribution is -2.47. The molecule has 7 nitrogen and oxygen atoms in total. The summed E-state index contributed by atoms with van der Waals surface area (Å²) in [6.07, 6.45) is 2.26. The van der Waals surface area contributed by atoms with E-state index in [9.17, 15) is 8.42 Å². The molecule has 0 atom stereocenters. The maximum Gasteiger partial charge on any atom is 0.240 e. The number of halogens is 2. The summed E-state index contributed by atoms with van der Waals surface area (Å²) < 4.78 is 32.8. The summed E-state index contributed by atoms with van der Waals surface area (Å²) in [4.78, 5) is 6.92. The smallest absolute Gasteiger partial charge is 0.240 e. The molecular weight excluding hydrogens is 515 g/mol. The third-order valence-corrected chi connectivity index (χ3v) is 5.94. The molecule has 0 saturated carbocycles. The number of hydrogen-bond acceptors (Lipinski definition) is 4. The van der Waals surface area contributed by atoms with Gasteiger partial charge in [0.1, 0.15) is 0 Å². The molecule has 2 rings (SSSR count). The first-order valence-electron chi connectivity index (χ1n) is 9.36. The third kappa shape index (κ3) is 8.02. The number of benzene rings is 1. The zero-order valence-corrected chi connectivity index (χ0v) is 20.3. The van der Waals surface area contributed by atoms with Gasteiger partial charge in [-0.05, 0) is 44.9 Å². The van der Waals surface area contributed by atoms with Crippen molar-refractivity contribution in [3.8, 4) is 0 Å². The molecule has 2 N–H and O–H groups in total. The van der Waals surface area contributed by atoms with Gasteiger partial charge in [0, 0.05) is 37.8 Å². The summed E-state index contributed by atoms with van der Waals surface area (Å²) in [6.45, 7) is 7.87. The van der Waals surface area contributed by atoms with Crippen molar-refractivity contribution in [3.05, 3.63) is 29.3 Å². The first-order chi connectivity index (χ1) is 13.0. The summed E-state index contributed by atoms with van der Waals surface area (Å²) in [5.41, 5.74) is 0. The summed E-state index contributed by atoms with van der Waals surface area (Å²) in [5, 5.41) is 3.67. The van der Waals surface area contributed by atoms with Crippen LogP contribution in [0.4, 0.5) is 0 Å². The zero-order valence-electron chi connectivity index (χ0n) is 16.4. The second-order valence-electron chi connectivity index (χ2n) is 6.23. The van der Waals surface area contributed by atoms with E-state index in [-0.39, 0.29) is 35.4 Å². The lowest BCUT2D eigenvalue weighted by atomic mass is 10.1. The van der Waals surface area contributed by atoms with Gasteiger partial charge in [-0.3, -0.25) is 4.99 Å². The number of sulfonamides is 1. The molecule has 1 aromatic rings. The average molecular weight is 545 g/mol. The Hall–Kier alpha value is -0.620. The minimum absolute atomic E-state index is 0. The van der Waals surface area contributed by atoms with E-state index in [0.29, 0.717) is 17.7 Å². The first-order valence-corrected chi connectivity index (χ1v) is 11.2. The third-order valence-electron chi connectivity index (χ3n) is 4.25. The minimum atomic E-state index is -3.59. The monoisotopic (exact) mass is 544 g/mol.